The maximum absolute atomic E-state index is 5.63. The Bertz CT molecular complexity index is 183. The smallest absolute Gasteiger partial charge is 0.0594 e. The largest absolute Gasteiger partial charge is 0.379 e. The molecule has 0 bridgehead atoms. The van der Waals surface area contributed by atoms with Gasteiger partial charge in [0.15, 0.2) is 0 Å². The van der Waals surface area contributed by atoms with Crippen molar-refractivity contribution in [2.24, 2.45) is 5.73 Å². The molecule has 0 aromatic carbocycles. The maximum atomic E-state index is 5.63. The first-order valence-electron chi connectivity index (χ1n) is 6.14. The first kappa shape index (κ1) is 11.3. The zero-order valence-corrected chi connectivity index (χ0v) is 9.53. The summed E-state index contributed by atoms with van der Waals surface area (Å²) in [6.07, 6.45) is 2.69. The summed E-state index contributed by atoms with van der Waals surface area (Å²) in [4.78, 5) is 5.08. The van der Waals surface area contributed by atoms with Gasteiger partial charge in [-0.2, -0.15) is 0 Å². The molecule has 2 N–H and O–H groups in total. The van der Waals surface area contributed by atoms with Gasteiger partial charge < -0.3 is 10.5 Å². The lowest BCUT2D eigenvalue weighted by atomic mass is 10.2. The van der Waals surface area contributed by atoms with Crippen LogP contribution in [0.25, 0.3) is 0 Å². The van der Waals surface area contributed by atoms with Gasteiger partial charge in [0.05, 0.1) is 13.2 Å². The lowest BCUT2D eigenvalue weighted by Gasteiger charge is -2.32. The van der Waals surface area contributed by atoms with Crippen molar-refractivity contribution in [1.29, 1.82) is 0 Å². The number of likely N-dealkylation sites (tertiary alicyclic amines) is 1. The average Bonchev–Trinajstić information content (AvgIpc) is 2.68. The fraction of sp³-hybridized carbons (Fsp3) is 1.00. The number of hydrogen-bond acceptors (Lipinski definition) is 4. The van der Waals surface area contributed by atoms with Crippen LogP contribution in [0.15, 0.2) is 0 Å². The van der Waals surface area contributed by atoms with Gasteiger partial charge in [-0.3, -0.25) is 9.80 Å². The highest BCUT2D eigenvalue weighted by Gasteiger charge is 2.26. The second kappa shape index (κ2) is 5.80. The van der Waals surface area contributed by atoms with Crippen LogP contribution >= 0.6 is 0 Å². The Morgan fingerprint density at radius 3 is 2.73 bits per heavy atom. The molecule has 0 radical (unpaired) electrons. The zero-order valence-electron chi connectivity index (χ0n) is 9.53. The van der Waals surface area contributed by atoms with Crippen molar-refractivity contribution in [1.82, 2.24) is 9.80 Å². The number of nitrogens with zero attached hydrogens (tertiary/aromatic N) is 2. The minimum atomic E-state index is 0.742. The summed E-state index contributed by atoms with van der Waals surface area (Å²) < 4.78 is 5.36. The minimum absolute atomic E-state index is 0.742. The van der Waals surface area contributed by atoms with Gasteiger partial charge in [0.25, 0.3) is 0 Å². The molecule has 0 unspecified atom stereocenters. The van der Waals surface area contributed by atoms with Gasteiger partial charge in [0.2, 0.25) is 0 Å². The van der Waals surface area contributed by atoms with Crippen LogP contribution in [0.4, 0.5) is 0 Å². The molecular weight excluding hydrogens is 190 g/mol. The molecule has 88 valence electrons. The summed E-state index contributed by atoms with van der Waals surface area (Å²) >= 11 is 0. The Balaban J connectivity index is 1.76. The molecule has 0 aromatic rings. The molecular formula is C11H23N3O. The Hall–Kier alpha value is -0.160. The molecule has 2 fully saturated rings. The van der Waals surface area contributed by atoms with Gasteiger partial charge in [-0.15, -0.1) is 0 Å². The second-order valence-electron chi connectivity index (χ2n) is 4.53. The first-order valence-corrected chi connectivity index (χ1v) is 6.14. The SMILES string of the molecule is NCCN1CCC[C@@H]1CN1CCOCC1. The van der Waals surface area contributed by atoms with E-state index < -0.39 is 0 Å². The van der Waals surface area contributed by atoms with E-state index in [1.807, 2.05) is 0 Å². The predicted octanol–water partition coefficient (Wildman–Crippen LogP) is -0.258. The van der Waals surface area contributed by atoms with Crippen LogP contribution in [0.2, 0.25) is 0 Å². The summed E-state index contributed by atoms with van der Waals surface area (Å²) in [6, 6.07) is 0.742. The van der Waals surface area contributed by atoms with Crippen molar-refractivity contribution < 1.29 is 4.74 Å². The average molecular weight is 213 g/mol. The lowest BCUT2D eigenvalue weighted by molar-refractivity contribution is 0.0270. The van der Waals surface area contributed by atoms with Crippen LogP contribution in [0.3, 0.4) is 0 Å². The van der Waals surface area contributed by atoms with Gasteiger partial charge >= 0.3 is 0 Å². The van der Waals surface area contributed by atoms with Crippen molar-refractivity contribution in [3.63, 3.8) is 0 Å². The Kier molecular flexibility index (Phi) is 4.38. The molecule has 0 amide bonds. The van der Waals surface area contributed by atoms with E-state index >= 15 is 0 Å². The van der Waals surface area contributed by atoms with Gasteiger partial charge in [-0.25, -0.2) is 0 Å². The van der Waals surface area contributed by atoms with Crippen molar-refractivity contribution in [3.8, 4) is 0 Å². The second-order valence-corrected chi connectivity index (χ2v) is 4.53. The summed E-state index contributed by atoms with van der Waals surface area (Å²) in [5.74, 6) is 0. The van der Waals surface area contributed by atoms with Crippen LogP contribution in [0.5, 0.6) is 0 Å². The van der Waals surface area contributed by atoms with Crippen LogP contribution in [-0.4, -0.2) is 68.3 Å². The summed E-state index contributed by atoms with van der Waals surface area (Å²) in [7, 11) is 0. The highest BCUT2D eigenvalue weighted by Crippen LogP contribution is 2.17. The maximum Gasteiger partial charge on any atom is 0.0594 e. The molecule has 0 saturated carbocycles. The molecule has 0 aliphatic carbocycles. The molecule has 2 saturated heterocycles. The molecule has 2 aliphatic rings. The number of hydrogen-bond donors (Lipinski definition) is 1. The third-order valence-corrected chi connectivity index (χ3v) is 3.49. The van der Waals surface area contributed by atoms with E-state index in [2.05, 4.69) is 9.80 Å². The summed E-state index contributed by atoms with van der Waals surface area (Å²) in [5, 5.41) is 0. The molecule has 2 heterocycles. The monoisotopic (exact) mass is 213 g/mol. The van der Waals surface area contributed by atoms with Crippen molar-refractivity contribution in [2.75, 3.05) is 52.5 Å². The van der Waals surface area contributed by atoms with Gasteiger partial charge in [0.1, 0.15) is 0 Å². The predicted molar refractivity (Wildman–Crippen MR) is 60.9 cm³/mol. The van der Waals surface area contributed by atoms with Gasteiger partial charge in [-0.1, -0.05) is 0 Å². The van der Waals surface area contributed by atoms with Crippen LogP contribution < -0.4 is 5.73 Å². The highest BCUT2D eigenvalue weighted by atomic mass is 16.5. The molecule has 4 heteroatoms. The third-order valence-electron chi connectivity index (χ3n) is 3.49. The van der Waals surface area contributed by atoms with Crippen LogP contribution in [0.1, 0.15) is 12.8 Å². The summed E-state index contributed by atoms with van der Waals surface area (Å²) in [5.41, 5.74) is 5.63. The van der Waals surface area contributed by atoms with Crippen molar-refractivity contribution in [2.45, 2.75) is 18.9 Å². The van der Waals surface area contributed by atoms with E-state index in [-0.39, 0.29) is 0 Å². The Morgan fingerprint density at radius 2 is 2.00 bits per heavy atom. The Morgan fingerprint density at radius 1 is 1.20 bits per heavy atom. The number of ether oxygens (including phenoxy) is 1. The fourth-order valence-electron chi connectivity index (χ4n) is 2.64. The van der Waals surface area contributed by atoms with Crippen LogP contribution in [0, 0.1) is 0 Å². The van der Waals surface area contributed by atoms with E-state index in [9.17, 15) is 0 Å². The number of nitrogens with two attached hydrogens (primary N) is 1. The summed E-state index contributed by atoms with van der Waals surface area (Å²) in [6.45, 7) is 8.33. The fourth-order valence-corrected chi connectivity index (χ4v) is 2.64. The van der Waals surface area contributed by atoms with E-state index in [1.165, 1.54) is 25.9 Å². The molecule has 0 spiro atoms. The zero-order chi connectivity index (χ0) is 10.5. The van der Waals surface area contributed by atoms with E-state index in [0.717, 1.165) is 45.4 Å². The van der Waals surface area contributed by atoms with E-state index in [1.54, 1.807) is 0 Å². The lowest BCUT2D eigenvalue weighted by Crippen LogP contribution is -2.46. The van der Waals surface area contributed by atoms with Crippen molar-refractivity contribution >= 4 is 0 Å². The molecule has 2 rings (SSSR count). The minimum Gasteiger partial charge on any atom is -0.379 e. The Labute approximate surface area is 92.4 Å². The van der Waals surface area contributed by atoms with Crippen LogP contribution in [-0.2, 0) is 4.74 Å². The highest BCUT2D eigenvalue weighted by molar-refractivity contribution is 4.82. The van der Waals surface area contributed by atoms with Crippen molar-refractivity contribution in [3.05, 3.63) is 0 Å². The molecule has 15 heavy (non-hydrogen) atoms. The molecule has 1 atom stereocenters. The quantitative estimate of drug-likeness (QED) is 0.699. The third kappa shape index (κ3) is 3.14. The normalized spacial score (nSPS) is 29.8. The topological polar surface area (TPSA) is 41.7 Å². The molecule has 2 aliphatic heterocycles. The number of rotatable bonds is 4. The number of morpholine rings is 1. The van der Waals surface area contributed by atoms with Gasteiger partial charge in [0, 0.05) is 38.8 Å². The van der Waals surface area contributed by atoms with Gasteiger partial charge in [-0.05, 0) is 19.4 Å². The first-order chi connectivity index (χ1) is 7.40. The molecule has 4 nitrogen and oxygen atoms in total. The van der Waals surface area contributed by atoms with E-state index in [0.29, 0.717) is 0 Å². The van der Waals surface area contributed by atoms with E-state index in [4.69, 9.17) is 10.5 Å². The standard InChI is InChI=1S/C11H23N3O/c12-3-5-14-4-1-2-11(14)10-13-6-8-15-9-7-13/h11H,1-10,12H2/t11-/m1/s1. The molecule has 0 aromatic heterocycles.